The van der Waals surface area contributed by atoms with E-state index in [0.29, 0.717) is 16.6 Å². The zero-order chi connectivity index (χ0) is 19.3. The van der Waals surface area contributed by atoms with Gasteiger partial charge in [0.1, 0.15) is 17.4 Å². The number of aromatic nitrogens is 1. The summed E-state index contributed by atoms with van der Waals surface area (Å²) in [6, 6.07) is 9.95. The van der Waals surface area contributed by atoms with E-state index in [4.69, 9.17) is 17.0 Å². The molecular formula is C20H20N4OS. The number of nitrogens with zero attached hydrogens (tertiary/aromatic N) is 3. The van der Waals surface area contributed by atoms with Crippen molar-refractivity contribution in [1.82, 2.24) is 4.57 Å². The number of nitrogens with one attached hydrogen (secondary N) is 1. The molecule has 0 spiro atoms. The molecule has 0 radical (unpaired) electrons. The molecule has 0 bridgehead atoms. The number of thiocarbonyl (C=S) groups is 1. The van der Waals surface area contributed by atoms with Crippen LogP contribution < -0.4 is 5.32 Å². The average Bonchev–Trinajstić information content (AvgIpc) is 2.92. The van der Waals surface area contributed by atoms with Crippen molar-refractivity contribution in [3.8, 4) is 23.5 Å². The summed E-state index contributed by atoms with van der Waals surface area (Å²) in [5, 5.41) is 22.7. The van der Waals surface area contributed by atoms with Crippen molar-refractivity contribution in [3.63, 3.8) is 0 Å². The number of benzene rings is 1. The largest absolute Gasteiger partial charge is 0.460 e. The van der Waals surface area contributed by atoms with Crippen molar-refractivity contribution in [2.24, 2.45) is 0 Å². The predicted octanol–water partition coefficient (Wildman–Crippen LogP) is 4.62. The first-order chi connectivity index (χ1) is 12.1. The van der Waals surface area contributed by atoms with Gasteiger partial charge in [-0.05, 0) is 60.8 Å². The quantitative estimate of drug-likeness (QED) is 0.748. The van der Waals surface area contributed by atoms with Crippen molar-refractivity contribution in [2.75, 3.05) is 5.32 Å². The van der Waals surface area contributed by atoms with Gasteiger partial charge in [0.05, 0.1) is 5.69 Å². The third kappa shape index (κ3) is 2.83. The van der Waals surface area contributed by atoms with Gasteiger partial charge in [0.15, 0.2) is 6.19 Å². The second-order valence-corrected chi connectivity index (χ2v) is 8.25. The van der Waals surface area contributed by atoms with Crippen LogP contribution in [0.25, 0.3) is 11.3 Å². The molecular weight excluding hydrogens is 344 g/mol. The first-order valence-corrected chi connectivity index (χ1v) is 8.70. The molecule has 0 unspecified atom stereocenters. The van der Waals surface area contributed by atoms with Gasteiger partial charge in [-0.1, -0.05) is 26.8 Å². The Morgan fingerprint density at radius 3 is 2.46 bits per heavy atom. The van der Waals surface area contributed by atoms with Gasteiger partial charge in [0, 0.05) is 11.3 Å². The summed E-state index contributed by atoms with van der Waals surface area (Å²) in [4.78, 5) is 0. The van der Waals surface area contributed by atoms with Crippen LogP contribution >= 0.6 is 12.2 Å². The molecule has 6 heteroatoms. The highest BCUT2D eigenvalue weighted by Gasteiger charge is 2.32. The Bertz CT molecular complexity index is 997. The molecule has 26 heavy (non-hydrogen) atoms. The molecule has 0 saturated carbocycles. The molecule has 2 aromatic rings. The fraction of sp³-hybridized carbons (Fsp3) is 0.350. The van der Waals surface area contributed by atoms with Gasteiger partial charge in [-0.25, -0.2) is 4.57 Å². The number of fused-ring (bicyclic) bond motifs is 1. The fourth-order valence-electron chi connectivity index (χ4n) is 3.24. The van der Waals surface area contributed by atoms with E-state index in [-0.39, 0.29) is 5.41 Å². The van der Waals surface area contributed by atoms with Crippen LogP contribution in [0.15, 0.2) is 24.3 Å². The van der Waals surface area contributed by atoms with Crippen molar-refractivity contribution < 1.29 is 4.74 Å². The Kier molecular flexibility index (Phi) is 4.05. The Morgan fingerprint density at radius 2 is 1.88 bits per heavy atom. The van der Waals surface area contributed by atoms with Crippen LogP contribution in [0.3, 0.4) is 0 Å². The average molecular weight is 364 g/mol. The minimum absolute atomic E-state index is 0.244. The molecule has 0 aliphatic carbocycles. The molecule has 2 heterocycles. The van der Waals surface area contributed by atoms with E-state index in [2.05, 4.69) is 17.6 Å². The van der Waals surface area contributed by atoms with Gasteiger partial charge >= 0.3 is 0 Å². The van der Waals surface area contributed by atoms with Crippen LogP contribution in [0.5, 0.6) is 0 Å². The predicted molar refractivity (Wildman–Crippen MR) is 105 cm³/mol. The molecule has 0 fully saturated rings. The summed E-state index contributed by atoms with van der Waals surface area (Å²) in [6.07, 6.45) is 2.14. The van der Waals surface area contributed by atoms with Crippen LogP contribution in [0.1, 0.15) is 51.4 Å². The summed E-state index contributed by atoms with van der Waals surface area (Å²) < 4.78 is 7.15. The van der Waals surface area contributed by atoms with Crippen molar-refractivity contribution in [3.05, 3.63) is 41.1 Å². The van der Waals surface area contributed by atoms with E-state index < -0.39 is 5.60 Å². The molecule has 1 aliphatic rings. The molecule has 0 atom stereocenters. The number of nitriles is 2. The van der Waals surface area contributed by atoms with E-state index in [1.807, 2.05) is 58.9 Å². The van der Waals surface area contributed by atoms with E-state index in [9.17, 15) is 10.5 Å². The third-order valence-corrected chi connectivity index (χ3v) is 4.75. The van der Waals surface area contributed by atoms with E-state index in [0.717, 1.165) is 22.4 Å². The van der Waals surface area contributed by atoms with Gasteiger partial charge in [-0.15, -0.1) is 0 Å². The van der Waals surface area contributed by atoms with Gasteiger partial charge in [0.25, 0.3) is 5.17 Å². The first kappa shape index (κ1) is 18.0. The molecule has 0 saturated heterocycles. The molecule has 1 aromatic heterocycles. The minimum Gasteiger partial charge on any atom is -0.460 e. The molecule has 0 amide bonds. The molecule has 1 N–H and O–H groups in total. The Labute approximate surface area is 158 Å². The SMILES string of the molecule is CC(C)(C)c1cc(-c2ccc3c(c2)C(C)(C)OC(=S)N3)n(C#N)c1C#N. The Balaban J connectivity index is 2.24. The van der Waals surface area contributed by atoms with Crippen LogP contribution in [0.4, 0.5) is 5.69 Å². The Morgan fingerprint density at radius 1 is 1.19 bits per heavy atom. The van der Waals surface area contributed by atoms with Gasteiger partial charge in [-0.2, -0.15) is 10.5 Å². The van der Waals surface area contributed by atoms with Crippen molar-refractivity contribution >= 4 is 23.1 Å². The van der Waals surface area contributed by atoms with E-state index in [1.165, 1.54) is 4.57 Å². The van der Waals surface area contributed by atoms with Crippen molar-refractivity contribution in [2.45, 2.75) is 45.6 Å². The minimum atomic E-state index is -0.581. The first-order valence-electron chi connectivity index (χ1n) is 8.30. The molecule has 1 aromatic carbocycles. The third-order valence-electron chi connectivity index (χ3n) is 4.56. The highest BCUT2D eigenvalue weighted by molar-refractivity contribution is 7.80. The standard InChI is InChI=1S/C20H20N4OS/c1-19(2,3)14-9-16(24(11-22)17(14)10-21)12-6-7-15-13(8-12)20(4,5)25-18(26)23-15/h6-9H,1-5H3,(H,23,26). The topological polar surface area (TPSA) is 73.8 Å². The summed E-state index contributed by atoms with van der Waals surface area (Å²) >= 11 is 5.16. The lowest BCUT2D eigenvalue weighted by Gasteiger charge is -2.34. The van der Waals surface area contributed by atoms with Crippen LogP contribution in [-0.2, 0) is 15.8 Å². The highest BCUT2D eigenvalue weighted by atomic mass is 32.1. The maximum absolute atomic E-state index is 9.65. The summed E-state index contributed by atoms with van der Waals surface area (Å²) in [6.45, 7) is 10.00. The number of ether oxygens (including phenoxy) is 1. The smallest absolute Gasteiger partial charge is 0.262 e. The van der Waals surface area contributed by atoms with Crippen LogP contribution in [0.2, 0.25) is 0 Å². The molecule has 132 valence electrons. The van der Waals surface area contributed by atoms with Gasteiger partial charge < -0.3 is 10.1 Å². The number of hydrogen-bond acceptors (Lipinski definition) is 4. The van der Waals surface area contributed by atoms with Crippen LogP contribution in [0, 0.1) is 22.8 Å². The van der Waals surface area contributed by atoms with E-state index in [1.54, 1.807) is 0 Å². The Hall–Kier alpha value is -2.83. The second-order valence-electron chi connectivity index (χ2n) is 7.87. The van der Waals surface area contributed by atoms with Crippen LogP contribution in [-0.4, -0.2) is 9.74 Å². The normalized spacial score (nSPS) is 15.3. The number of anilines is 1. The zero-order valence-electron chi connectivity index (χ0n) is 15.5. The van der Waals surface area contributed by atoms with Gasteiger partial charge in [0.2, 0.25) is 0 Å². The highest BCUT2D eigenvalue weighted by Crippen LogP contribution is 2.39. The maximum Gasteiger partial charge on any atom is 0.262 e. The molecule has 1 aliphatic heterocycles. The lowest BCUT2D eigenvalue weighted by Crippen LogP contribution is -2.34. The second kappa shape index (κ2) is 5.86. The lowest BCUT2D eigenvalue weighted by molar-refractivity contribution is 0.0947. The summed E-state index contributed by atoms with van der Waals surface area (Å²) in [7, 11) is 0. The lowest BCUT2D eigenvalue weighted by atomic mass is 9.86. The van der Waals surface area contributed by atoms with Gasteiger partial charge in [-0.3, -0.25) is 0 Å². The molecule has 3 rings (SSSR count). The van der Waals surface area contributed by atoms with E-state index >= 15 is 0 Å². The fourth-order valence-corrected chi connectivity index (χ4v) is 3.56. The zero-order valence-corrected chi connectivity index (χ0v) is 16.3. The summed E-state index contributed by atoms with van der Waals surface area (Å²) in [5.74, 6) is 0. The maximum atomic E-state index is 9.65. The monoisotopic (exact) mass is 364 g/mol. The molecule has 5 nitrogen and oxygen atoms in total. The number of hydrogen-bond donors (Lipinski definition) is 1. The number of rotatable bonds is 1. The summed E-state index contributed by atoms with van der Waals surface area (Å²) in [5.41, 5.74) is 3.79. The van der Waals surface area contributed by atoms with Crippen molar-refractivity contribution in [1.29, 1.82) is 10.5 Å².